The second kappa shape index (κ2) is 5.96. The van der Waals surface area contributed by atoms with Crippen LogP contribution in [0.4, 0.5) is 0 Å². The molecule has 4 heteroatoms. The molecule has 1 atom stereocenters. The van der Waals surface area contributed by atoms with Gasteiger partial charge in [-0.2, -0.15) is 0 Å². The summed E-state index contributed by atoms with van der Waals surface area (Å²) in [5.74, 6) is 1.74. The normalized spacial score (nSPS) is 13.0. The van der Waals surface area contributed by atoms with Crippen LogP contribution in [-0.2, 0) is 6.42 Å². The molecule has 1 unspecified atom stereocenters. The maximum absolute atomic E-state index is 4.91. The van der Waals surface area contributed by atoms with Crippen LogP contribution in [0.25, 0.3) is 0 Å². The van der Waals surface area contributed by atoms with E-state index in [1.807, 2.05) is 0 Å². The number of rotatable bonds is 6. The summed E-state index contributed by atoms with van der Waals surface area (Å²) in [7, 11) is 0. The van der Waals surface area contributed by atoms with Gasteiger partial charge in [0.05, 0.1) is 0 Å². The fourth-order valence-electron chi connectivity index (χ4n) is 1.62. The lowest BCUT2D eigenvalue weighted by Crippen LogP contribution is -2.04. The van der Waals surface area contributed by atoms with Gasteiger partial charge in [-0.1, -0.05) is 39.5 Å². The molecule has 3 nitrogen and oxygen atoms in total. The average Bonchev–Trinajstić information content (AvgIpc) is 2.58. The predicted octanol–water partition coefficient (Wildman–Crippen LogP) is 3.23. The molecular weight excluding hydrogens is 194 g/mol. The minimum Gasteiger partial charge on any atom is -0.286 e. The smallest absolute Gasteiger partial charge is 0.213 e. The van der Waals surface area contributed by atoms with Crippen molar-refractivity contribution in [2.45, 2.75) is 46.0 Å². The van der Waals surface area contributed by atoms with Gasteiger partial charge in [0, 0.05) is 6.42 Å². The van der Waals surface area contributed by atoms with Gasteiger partial charge < -0.3 is 0 Å². The zero-order valence-corrected chi connectivity index (χ0v) is 9.78. The van der Waals surface area contributed by atoms with E-state index in [1.54, 1.807) is 0 Å². The largest absolute Gasteiger partial charge is 0.286 e. The van der Waals surface area contributed by atoms with E-state index in [4.69, 9.17) is 12.2 Å². The van der Waals surface area contributed by atoms with Gasteiger partial charge in [-0.25, -0.2) is 4.98 Å². The summed E-state index contributed by atoms with van der Waals surface area (Å²) >= 11 is 4.91. The van der Waals surface area contributed by atoms with E-state index in [0.29, 0.717) is 4.77 Å². The highest BCUT2D eigenvalue weighted by Gasteiger charge is 2.08. The summed E-state index contributed by atoms with van der Waals surface area (Å²) in [5, 5.41) is 5.84. The first-order valence-electron chi connectivity index (χ1n) is 5.39. The van der Waals surface area contributed by atoms with Gasteiger partial charge in [0.1, 0.15) is 5.82 Å². The van der Waals surface area contributed by atoms with Crippen molar-refractivity contribution in [1.29, 1.82) is 0 Å². The summed E-state index contributed by atoms with van der Waals surface area (Å²) in [6.07, 6.45) is 6.11. The number of hydrogen-bond donors (Lipinski definition) is 2. The number of hydrogen-bond acceptors (Lipinski definition) is 2. The van der Waals surface area contributed by atoms with Crippen LogP contribution >= 0.6 is 12.2 Å². The third-order valence-electron chi connectivity index (χ3n) is 2.58. The van der Waals surface area contributed by atoms with E-state index in [-0.39, 0.29) is 0 Å². The molecule has 0 radical (unpaired) electrons. The third kappa shape index (κ3) is 3.62. The lowest BCUT2D eigenvalue weighted by atomic mass is 9.96. The van der Waals surface area contributed by atoms with Crippen molar-refractivity contribution < 1.29 is 0 Å². The third-order valence-corrected chi connectivity index (χ3v) is 2.77. The Morgan fingerprint density at radius 3 is 2.64 bits per heavy atom. The van der Waals surface area contributed by atoms with Crippen molar-refractivity contribution >= 4 is 12.2 Å². The van der Waals surface area contributed by atoms with Crippen LogP contribution in [0.15, 0.2) is 0 Å². The van der Waals surface area contributed by atoms with Crippen molar-refractivity contribution in [1.82, 2.24) is 15.2 Å². The van der Waals surface area contributed by atoms with E-state index in [1.165, 1.54) is 25.7 Å². The average molecular weight is 213 g/mol. The number of nitrogens with one attached hydrogen (secondary N) is 2. The Hall–Kier alpha value is -0.640. The molecule has 0 fully saturated rings. The molecule has 0 aliphatic heterocycles. The molecule has 0 aliphatic carbocycles. The van der Waals surface area contributed by atoms with Crippen molar-refractivity contribution in [3.05, 3.63) is 10.6 Å². The number of aromatic amines is 2. The molecule has 0 aliphatic rings. The molecule has 1 aromatic rings. The molecule has 0 aromatic carbocycles. The van der Waals surface area contributed by atoms with Crippen LogP contribution in [-0.4, -0.2) is 15.2 Å². The topological polar surface area (TPSA) is 44.5 Å². The first kappa shape index (κ1) is 11.4. The number of aromatic nitrogens is 3. The minimum atomic E-state index is 0.561. The van der Waals surface area contributed by atoms with E-state index < -0.39 is 0 Å². The Balaban J connectivity index is 2.43. The summed E-state index contributed by atoms with van der Waals surface area (Å²) in [4.78, 5) is 4.21. The quantitative estimate of drug-likeness (QED) is 0.713. The van der Waals surface area contributed by atoms with Crippen molar-refractivity contribution in [2.75, 3.05) is 0 Å². The van der Waals surface area contributed by atoms with Gasteiger partial charge in [-0.15, -0.1) is 0 Å². The van der Waals surface area contributed by atoms with Crippen LogP contribution in [0.2, 0.25) is 0 Å². The number of nitrogens with zero attached hydrogens (tertiary/aromatic N) is 1. The van der Waals surface area contributed by atoms with Crippen LogP contribution in [0.5, 0.6) is 0 Å². The molecule has 1 aromatic heterocycles. The zero-order valence-electron chi connectivity index (χ0n) is 8.97. The second-order valence-electron chi connectivity index (χ2n) is 3.73. The molecule has 0 amide bonds. The van der Waals surface area contributed by atoms with Gasteiger partial charge in [-0.05, 0) is 18.1 Å². The maximum atomic E-state index is 4.91. The molecule has 0 spiro atoms. The van der Waals surface area contributed by atoms with Gasteiger partial charge in [0.25, 0.3) is 0 Å². The molecule has 80 valence electrons. The Labute approximate surface area is 90.3 Å². The van der Waals surface area contributed by atoms with Crippen LogP contribution in [0.3, 0.4) is 0 Å². The maximum Gasteiger partial charge on any atom is 0.213 e. The number of H-pyrrole nitrogens is 2. The first-order valence-corrected chi connectivity index (χ1v) is 5.80. The van der Waals surface area contributed by atoms with Gasteiger partial charge in [-0.3, -0.25) is 10.2 Å². The highest BCUT2D eigenvalue weighted by Crippen LogP contribution is 2.16. The van der Waals surface area contributed by atoms with E-state index in [0.717, 1.165) is 18.2 Å². The Morgan fingerprint density at radius 2 is 2.14 bits per heavy atom. The molecule has 1 rings (SSSR count). The molecule has 1 heterocycles. The molecule has 0 bridgehead atoms. The highest BCUT2D eigenvalue weighted by molar-refractivity contribution is 7.71. The fraction of sp³-hybridized carbons (Fsp3) is 0.800. The zero-order chi connectivity index (χ0) is 10.4. The number of unbranched alkanes of at least 4 members (excludes halogenated alkanes) is 1. The summed E-state index contributed by atoms with van der Waals surface area (Å²) in [6.45, 7) is 4.47. The molecule has 0 saturated heterocycles. The van der Waals surface area contributed by atoms with Gasteiger partial charge >= 0.3 is 0 Å². The van der Waals surface area contributed by atoms with E-state index in [2.05, 4.69) is 29.0 Å². The minimum absolute atomic E-state index is 0.561. The van der Waals surface area contributed by atoms with Crippen LogP contribution < -0.4 is 0 Å². The summed E-state index contributed by atoms with van der Waals surface area (Å²) in [5.41, 5.74) is 0. The predicted molar refractivity (Wildman–Crippen MR) is 60.8 cm³/mol. The fourth-order valence-corrected chi connectivity index (χ4v) is 1.78. The molecule has 2 N–H and O–H groups in total. The first-order chi connectivity index (χ1) is 6.76. The highest BCUT2D eigenvalue weighted by atomic mass is 32.1. The van der Waals surface area contributed by atoms with Crippen LogP contribution in [0.1, 0.15) is 45.4 Å². The summed E-state index contributed by atoms with van der Waals surface area (Å²) in [6, 6.07) is 0. The molecule has 14 heavy (non-hydrogen) atoms. The lowest BCUT2D eigenvalue weighted by Gasteiger charge is -2.11. The van der Waals surface area contributed by atoms with Crippen molar-refractivity contribution in [3.63, 3.8) is 0 Å². The van der Waals surface area contributed by atoms with Crippen LogP contribution in [0, 0.1) is 10.7 Å². The standard InChI is InChI=1S/C10H19N3S/c1-3-5-6-8(4-2)7-9-11-10(14)13-12-9/h8H,3-7H2,1-2H3,(H2,11,12,13,14). The molecule has 0 saturated carbocycles. The second-order valence-corrected chi connectivity index (χ2v) is 4.12. The van der Waals surface area contributed by atoms with E-state index >= 15 is 0 Å². The Kier molecular flexibility index (Phi) is 4.87. The van der Waals surface area contributed by atoms with E-state index in [9.17, 15) is 0 Å². The summed E-state index contributed by atoms with van der Waals surface area (Å²) < 4.78 is 0.561. The van der Waals surface area contributed by atoms with Gasteiger partial charge in [0.15, 0.2) is 0 Å². The monoisotopic (exact) mass is 213 g/mol. The Morgan fingerprint density at radius 1 is 1.36 bits per heavy atom. The SMILES string of the molecule is CCCCC(CC)Cc1nc(=S)[nH][nH]1. The molecular formula is C10H19N3S. The lowest BCUT2D eigenvalue weighted by molar-refractivity contribution is 0.440. The Bertz CT molecular complexity index is 302. The van der Waals surface area contributed by atoms with Crippen molar-refractivity contribution in [2.24, 2.45) is 5.92 Å². The van der Waals surface area contributed by atoms with Crippen molar-refractivity contribution in [3.8, 4) is 0 Å². The van der Waals surface area contributed by atoms with Gasteiger partial charge in [0.2, 0.25) is 4.77 Å².